The molecule has 0 fully saturated rings. The zero-order chi connectivity index (χ0) is 13.1. The number of nitrogens with one attached hydrogen (secondary N) is 1. The molecule has 0 amide bonds. The first-order valence-corrected chi connectivity index (χ1v) is 6.87. The predicted octanol–water partition coefficient (Wildman–Crippen LogP) is 3.25. The molecule has 3 aromatic rings. The maximum absolute atomic E-state index is 4.26. The summed E-state index contributed by atoms with van der Waals surface area (Å²) in [5.74, 6) is 0. The van der Waals surface area contributed by atoms with Crippen LogP contribution in [0.3, 0.4) is 0 Å². The Hall–Kier alpha value is -2.14. The van der Waals surface area contributed by atoms with Gasteiger partial charge in [0.25, 0.3) is 0 Å². The number of hydrogen-bond donors (Lipinski definition) is 1. The van der Waals surface area contributed by atoms with Crippen LogP contribution in [-0.4, -0.2) is 14.5 Å². The van der Waals surface area contributed by atoms with Crippen LogP contribution in [0, 0.1) is 6.92 Å². The van der Waals surface area contributed by atoms with Crippen LogP contribution >= 0.6 is 11.3 Å². The highest BCUT2D eigenvalue weighted by molar-refractivity contribution is 7.11. The monoisotopic (exact) mass is 270 g/mol. The molecule has 0 aliphatic carbocycles. The van der Waals surface area contributed by atoms with Crippen molar-refractivity contribution in [1.82, 2.24) is 14.5 Å². The number of anilines is 1. The second-order valence-electron chi connectivity index (χ2n) is 4.19. The molecule has 0 radical (unpaired) electrons. The summed E-state index contributed by atoms with van der Waals surface area (Å²) in [5.41, 5.74) is 2.19. The molecule has 0 atom stereocenters. The zero-order valence-corrected chi connectivity index (χ0v) is 11.4. The van der Waals surface area contributed by atoms with Crippen LogP contribution < -0.4 is 5.32 Å². The summed E-state index contributed by atoms with van der Waals surface area (Å²) in [5, 5.41) is 4.55. The van der Waals surface area contributed by atoms with E-state index in [9.17, 15) is 0 Å². The lowest BCUT2D eigenvalue weighted by Crippen LogP contribution is -2.02. The Morgan fingerprint density at radius 3 is 2.95 bits per heavy atom. The van der Waals surface area contributed by atoms with Gasteiger partial charge in [0.2, 0.25) is 0 Å². The summed E-state index contributed by atoms with van der Waals surface area (Å²) in [4.78, 5) is 9.59. The highest BCUT2D eigenvalue weighted by Gasteiger charge is 2.04. The van der Waals surface area contributed by atoms with E-state index >= 15 is 0 Å². The van der Waals surface area contributed by atoms with Gasteiger partial charge in [0.1, 0.15) is 0 Å². The lowest BCUT2D eigenvalue weighted by molar-refractivity contribution is 1.04. The molecule has 2 aromatic heterocycles. The summed E-state index contributed by atoms with van der Waals surface area (Å²) in [6, 6.07) is 8.20. The molecular weight excluding hydrogens is 256 g/mol. The summed E-state index contributed by atoms with van der Waals surface area (Å²) in [6.07, 6.45) is 7.45. The normalized spacial score (nSPS) is 10.6. The number of nitrogens with zero attached hydrogens (tertiary/aromatic N) is 3. The Morgan fingerprint density at radius 2 is 2.21 bits per heavy atom. The third-order valence-electron chi connectivity index (χ3n) is 2.81. The number of benzene rings is 1. The van der Waals surface area contributed by atoms with Crippen molar-refractivity contribution >= 4 is 17.0 Å². The van der Waals surface area contributed by atoms with Crippen molar-refractivity contribution < 1.29 is 0 Å². The average Bonchev–Trinajstić information content (AvgIpc) is 3.08. The van der Waals surface area contributed by atoms with Gasteiger partial charge >= 0.3 is 0 Å². The molecule has 5 heteroatoms. The van der Waals surface area contributed by atoms with E-state index in [1.165, 1.54) is 4.88 Å². The molecule has 0 unspecified atom stereocenters. The molecule has 1 aromatic carbocycles. The van der Waals surface area contributed by atoms with Gasteiger partial charge in [-0.3, -0.25) is 0 Å². The van der Waals surface area contributed by atoms with Crippen molar-refractivity contribution in [2.24, 2.45) is 0 Å². The standard InChI is InChI=1S/C14H14N4S/c1-11-16-8-12(19-11)9-17-13-4-2-3-5-14(13)18-7-6-15-10-18/h2-8,10,17H,9H2,1H3. The molecule has 4 nitrogen and oxygen atoms in total. The first kappa shape index (κ1) is 11.9. The summed E-state index contributed by atoms with van der Waals surface area (Å²) >= 11 is 1.72. The molecule has 0 aliphatic rings. The van der Waals surface area contributed by atoms with E-state index in [1.807, 2.05) is 36.0 Å². The summed E-state index contributed by atoms with van der Waals surface area (Å²) in [7, 11) is 0. The topological polar surface area (TPSA) is 42.7 Å². The molecule has 0 bridgehead atoms. The Morgan fingerprint density at radius 1 is 1.32 bits per heavy atom. The maximum Gasteiger partial charge on any atom is 0.0992 e. The van der Waals surface area contributed by atoms with E-state index < -0.39 is 0 Å². The van der Waals surface area contributed by atoms with Crippen molar-refractivity contribution in [2.45, 2.75) is 13.5 Å². The van der Waals surface area contributed by atoms with Crippen molar-refractivity contribution in [3.05, 3.63) is 59.1 Å². The van der Waals surface area contributed by atoms with Crippen LogP contribution in [-0.2, 0) is 6.54 Å². The van der Waals surface area contributed by atoms with Crippen LogP contribution in [0.4, 0.5) is 5.69 Å². The van der Waals surface area contributed by atoms with Gasteiger partial charge in [0.05, 0.1) is 29.3 Å². The van der Waals surface area contributed by atoms with Crippen LogP contribution in [0.5, 0.6) is 0 Å². The SMILES string of the molecule is Cc1ncc(CNc2ccccc2-n2ccnc2)s1. The fourth-order valence-corrected chi connectivity index (χ4v) is 2.65. The Balaban J connectivity index is 1.81. The van der Waals surface area contributed by atoms with Gasteiger partial charge in [0, 0.05) is 23.5 Å². The largest absolute Gasteiger partial charge is 0.378 e. The van der Waals surface area contributed by atoms with Gasteiger partial charge in [-0.25, -0.2) is 9.97 Å². The molecular formula is C14H14N4S. The number of imidazole rings is 1. The number of thiazole rings is 1. The molecule has 0 spiro atoms. The lowest BCUT2D eigenvalue weighted by Gasteiger charge is -2.11. The fourth-order valence-electron chi connectivity index (χ4n) is 1.92. The molecule has 0 saturated carbocycles. The minimum Gasteiger partial charge on any atom is -0.378 e. The van der Waals surface area contributed by atoms with Gasteiger partial charge in [-0.2, -0.15) is 0 Å². The van der Waals surface area contributed by atoms with E-state index in [2.05, 4.69) is 27.4 Å². The zero-order valence-electron chi connectivity index (χ0n) is 10.6. The molecule has 19 heavy (non-hydrogen) atoms. The van der Waals surface area contributed by atoms with Crippen molar-refractivity contribution in [3.63, 3.8) is 0 Å². The minimum absolute atomic E-state index is 0.789. The van der Waals surface area contributed by atoms with Crippen molar-refractivity contribution in [3.8, 4) is 5.69 Å². The molecule has 0 saturated heterocycles. The van der Waals surface area contributed by atoms with Crippen LogP contribution in [0.1, 0.15) is 9.88 Å². The van der Waals surface area contributed by atoms with Crippen molar-refractivity contribution in [1.29, 1.82) is 0 Å². The van der Waals surface area contributed by atoms with E-state index in [1.54, 1.807) is 23.9 Å². The van der Waals surface area contributed by atoms with Gasteiger partial charge in [-0.15, -0.1) is 11.3 Å². The smallest absolute Gasteiger partial charge is 0.0992 e. The third kappa shape index (κ3) is 2.66. The number of para-hydroxylation sites is 2. The Kier molecular flexibility index (Phi) is 3.29. The van der Waals surface area contributed by atoms with E-state index in [0.29, 0.717) is 0 Å². The predicted molar refractivity (Wildman–Crippen MR) is 77.7 cm³/mol. The van der Waals surface area contributed by atoms with Gasteiger partial charge in [-0.05, 0) is 19.1 Å². The molecule has 2 heterocycles. The van der Waals surface area contributed by atoms with E-state index in [-0.39, 0.29) is 0 Å². The van der Waals surface area contributed by atoms with Gasteiger partial charge < -0.3 is 9.88 Å². The number of aromatic nitrogens is 3. The van der Waals surface area contributed by atoms with Crippen LogP contribution in [0.2, 0.25) is 0 Å². The third-order valence-corrected chi connectivity index (χ3v) is 3.72. The average molecular weight is 270 g/mol. The number of rotatable bonds is 4. The summed E-state index contributed by atoms with van der Waals surface area (Å²) in [6.45, 7) is 2.81. The fraction of sp³-hybridized carbons (Fsp3) is 0.143. The second-order valence-corrected chi connectivity index (χ2v) is 5.51. The highest BCUT2D eigenvalue weighted by atomic mass is 32.1. The van der Waals surface area contributed by atoms with E-state index in [4.69, 9.17) is 0 Å². The first-order valence-electron chi connectivity index (χ1n) is 6.05. The van der Waals surface area contributed by atoms with E-state index in [0.717, 1.165) is 22.9 Å². The summed E-state index contributed by atoms with van der Waals surface area (Å²) < 4.78 is 2.00. The van der Waals surface area contributed by atoms with Crippen LogP contribution in [0.15, 0.2) is 49.2 Å². The first-order chi connectivity index (χ1) is 9.33. The molecule has 0 aliphatic heterocycles. The highest BCUT2D eigenvalue weighted by Crippen LogP contribution is 2.21. The quantitative estimate of drug-likeness (QED) is 0.791. The van der Waals surface area contributed by atoms with Gasteiger partial charge in [-0.1, -0.05) is 12.1 Å². The Bertz CT molecular complexity index is 658. The number of aryl methyl sites for hydroxylation is 1. The lowest BCUT2D eigenvalue weighted by atomic mass is 10.2. The van der Waals surface area contributed by atoms with Gasteiger partial charge in [0.15, 0.2) is 0 Å². The second kappa shape index (κ2) is 5.24. The van der Waals surface area contributed by atoms with Crippen LogP contribution in [0.25, 0.3) is 5.69 Å². The number of hydrogen-bond acceptors (Lipinski definition) is 4. The Labute approximate surface area is 115 Å². The van der Waals surface area contributed by atoms with Crippen molar-refractivity contribution in [2.75, 3.05) is 5.32 Å². The molecule has 96 valence electrons. The molecule has 1 N–H and O–H groups in total. The molecule has 3 rings (SSSR count). The minimum atomic E-state index is 0.789. The maximum atomic E-state index is 4.26.